The van der Waals surface area contributed by atoms with Gasteiger partial charge in [0.05, 0.1) is 0 Å². The van der Waals surface area contributed by atoms with Crippen molar-refractivity contribution in [1.29, 1.82) is 0 Å². The minimum Gasteiger partial charge on any atom is -0.368 e. The minimum absolute atomic E-state index is 0.00915. The van der Waals surface area contributed by atoms with Crippen LogP contribution in [-0.4, -0.2) is 40.1 Å². The lowest BCUT2D eigenvalue weighted by Gasteiger charge is -2.34. The molecule has 0 bridgehead atoms. The first kappa shape index (κ1) is 17.4. The van der Waals surface area contributed by atoms with Crippen molar-refractivity contribution in [2.24, 2.45) is 0 Å². The maximum absolute atomic E-state index is 12.7. The molecule has 1 saturated heterocycles. The van der Waals surface area contributed by atoms with E-state index in [-0.39, 0.29) is 5.91 Å². The van der Waals surface area contributed by atoms with E-state index in [1.807, 2.05) is 29.2 Å². The zero-order chi connectivity index (χ0) is 17.5. The standard InChI is InChI=1S/C20H26N4O/c1-2-17-10-6-7-15-24(17)20(25)18-11-12-19(23-22-18)21-14-13-16-8-4-3-5-9-16/h3-5,8-9,11-12,17H,2,6-7,10,13-15H2,1H3,(H,21,23). The maximum atomic E-state index is 12.7. The molecule has 0 spiro atoms. The Morgan fingerprint density at radius 1 is 1.16 bits per heavy atom. The van der Waals surface area contributed by atoms with Gasteiger partial charge in [-0.1, -0.05) is 37.3 Å². The third-order valence-corrected chi connectivity index (χ3v) is 4.81. The highest BCUT2D eigenvalue weighted by molar-refractivity contribution is 5.92. The Bertz CT molecular complexity index is 672. The SMILES string of the molecule is CCC1CCCCN1C(=O)c1ccc(NCCc2ccccc2)nn1. The van der Waals surface area contributed by atoms with Crippen LogP contribution in [0.4, 0.5) is 5.82 Å². The monoisotopic (exact) mass is 338 g/mol. The van der Waals surface area contributed by atoms with Crippen LogP contribution in [-0.2, 0) is 6.42 Å². The van der Waals surface area contributed by atoms with E-state index >= 15 is 0 Å². The van der Waals surface area contributed by atoms with Crippen LogP contribution in [0.5, 0.6) is 0 Å². The third kappa shape index (κ3) is 4.56. The second-order valence-corrected chi connectivity index (χ2v) is 6.52. The highest BCUT2D eigenvalue weighted by Gasteiger charge is 2.27. The molecule has 1 fully saturated rings. The Kier molecular flexibility index (Phi) is 5.99. The number of hydrogen-bond donors (Lipinski definition) is 1. The molecule has 0 aliphatic carbocycles. The van der Waals surface area contributed by atoms with E-state index < -0.39 is 0 Å². The van der Waals surface area contributed by atoms with E-state index in [2.05, 4.69) is 34.6 Å². The van der Waals surface area contributed by atoms with Crippen molar-refractivity contribution in [3.63, 3.8) is 0 Å². The van der Waals surface area contributed by atoms with Gasteiger partial charge < -0.3 is 10.2 Å². The van der Waals surface area contributed by atoms with Gasteiger partial charge in [0.25, 0.3) is 5.91 Å². The highest BCUT2D eigenvalue weighted by atomic mass is 16.2. The second-order valence-electron chi connectivity index (χ2n) is 6.52. The molecule has 5 heteroatoms. The summed E-state index contributed by atoms with van der Waals surface area (Å²) >= 11 is 0. The topological polar surface area (TPSA) is 58.1 Å². The zero-order valence-electron chi connectivity index (χ0n) is 14.8. The molecule has 1 aromatic carbocycles. The first-order chi connectivity index (χ1) is 12.3. The molecule has 1 aromatic heterocycles. The molecule has 1 atom stereocenters. The molecule has 1 N–H and O–H groups in total. The van der Waals surface area contributed by atoms with E-state index in [1.54, 1.807) is 6.07 Å². The Hall–Kier alpha value is -2.43. The number of anilines is 1. The van der Waals surface area contributed by atoms with E-state index in [0.29, 0.717) is 17.6 Å². The quantitative estimate of drug-likeness (QED) is 0.875. The van der Waals surface area contributed by atoms with Gasteiger partial charge in [-0.2, -0.15) is 0 Å². The molecule has 1 unspecified atom stereocenters. The number of amides is 1. The fraction of sp³-hybridized carbons (Fsp3) is 0.450. The average Bonchev–Trinajstić information content (AvgIpc) is 2.69. The molecule has 1 amide bonds. The summed E-state index contributed by atoms with van der Waals surface area (Å²) in [5.74, 6) is 0.716. The molecule has 5 nitrogen and oxygen atoms in total. The molecule has 25 heavy (non-hydrogen) atoms. The van der Waals surface area contributed by atoms with Crippen LogP contribution in [0, 0.1) is 0 Å². The van der Waals surface area contributed by atoms with Gasteiger partial charge in [0.1, 0.15) is 5.82 Å². The Labute approximate surface area is 149 Å². The van der Waals surface area contributed by atoms with Crippen molar-refractivity contribution in [2.45, 2.75) is 45.1 Å². The predicted octanol–water partition coefficient (Wildman–Crippen LogP) is 3.54. The Morgan fingerprint density at radius 3 is 2.72 bits per heavy atom. The lowest BCUT2D eigenvalue weighted by atomic mass is 9.99. The Morgan fingerprint density at radius 2 is 2.00 bits per heavy atom. The van der Waals surface area contributed by atoms with E-state index in [1.165, 1.54) is 12.0 Å². The van der Waals surface area contributed by atoms with E-state index in [4.69, 9.17) is 0 Å². The van der Waals surface area contributed by atoms with Gasteiger partial charge in [-0.15, -0.1) is 10.2 Å². The predicted molar refractivity (Wildman–Crippen MR) is 99.6 cm³/mol. The molecule has 0 saturated carbocycles. The molecule has 1 aliphatic heterocycles. The van der Waals surface area contributed by atoms with Crippen molar-refractivity contribution < 1.29 is 4.79 Å². The summed E-state index contributed by atoms with van der Waals surface area (Å²) in [6.07, 6.45) is 5.30. The first-order valence-electron chi connectivity index (χ1n) is 9.20. The second kappa shape index (κ2) is 8.60. The summed E-state index contributed by atoms with van der Waals surface area (Å²) in [5.41, 5.74) is 1.72. The molecular weight excluding hydrogens is 312 g/mol. The van der Waals surface area contributed by atoms with Crippen molar-refractivity contribution in [2.75, 3.05) is 18.4 Å². The number of piperidine rings is 1. The van der Waals surface area contributed by atoms with Gasteiger partial charge in [0.15, 0.2) is 5.69 Å². The average molecular weight is 338 g/mol. The van der Waals surface area contributed by atoms with Crippen LogP contribution in [0.3, 0.4) is 0 Å². The molecule has 3 rings (SSSR count). The van der Waals surface area contributed by atoms with Crippen LogP contribution in [0.2, 0.25) is 0 Å². The molecule has 2 aromatic rings. The number of carbonyl (C=O) groups excluding carboxylic acids is 1. The van der Waals surface area contributed by atoms with Crippen LogP contribution >= 0.6 is 0 Å². The molecule has 1 aliphatic rings. The molecule has 0 radical (unpaired) electrons. The summed E-state index contributed by atoms with van der Waals surface area (Å²) in [5, 5.41) is 11.6. The lowest BCUT2D eigenvalue weighted by Crippen LogP contribution is -2.43. The van der Waals surface area contributed by atoms with Gasteiger partial charge in [0, 0.05) is 19.1 Å². The van der Waals surface area contributed by atoms with Gasteiger partial charge in [0.2, 0.25) is 0 Å². The lowest BCUT2D eigenvalue weighted by molar-refractivity contribution is 0.0601. The van der Waals surface area contributed by atoms with Crippen molar-refractivity contribution >= 4 is 11.7 Å². The summed E-state index contributed by atoms with van der Waals surface area (Å²) in [6.45, 7) is 3.76. The van der Waals surface area contributed by atoms with Crippen LogP contribution in [0.25, 0.3) is 0 Å². The number of carbonyl (C=O) groups is 1. The minimum atomic E-state index is 0.00915. The molecule has 2 heterocycles. The number of likely N-dealkylation sites (tertiary alicyclic amines) is 1. The number of hydrogen-bond acceptors (Lipinski definition) is 4. The van der Waals surface area contributed by atoms with Gasteiger partial charge in [-0.25, -0.2) is 0 Å². The largest absolute Gasteiger partial charge is 0.368 e. The zero-order valence-corrected chi connectivity index (χ0v) is 14.8. The Balaban J connectivity index is 1.55. The summed E-state index contributed by atoms with van der Waals surface area (Å²) < 4.78 is 0. The number of benzene rings is 1. The smallest absolute Gasteiger partial charge is 0.274 e. The fourth-order valence-electron chi connectivity index (χ4n) is 3.36. The maximum Gasteiger partial charge on any atom is 0.274 e. The van der Waals surface area contributed by atoms with Crippen LogP contribution < -0.4 is 5.32 Å². The van der Waals surface area contributed by atoms with E-state index in [0.717, 1.165) is 38.8 Å². The van der Waals surface area contributed by atoms with Gasteiger partial charge in [-0.3, -0.25) is 4.79 Å². The van der Waals surface area contributed by atoms with Crippen LogP contribution in [0.1, 0.15) is 48.7 Å². The van der Waals surface area contributed by atoms with Crippen LogP contribution in [0.15, 0.2) is 42.5 Å². The first-order valence-corrected chi connectivity index (χ1v) is 9.20. The number of aromatic nitrogens is 2. The van der Waals surface area contributed by atoms with Crippen molar-refractivity contribution in [1.82, 2.24) is 15.1 Å². The summed E-state index contributed by atoms with van der Waals surface area (Å²) in [7, 11) is 0. The summed E-state index contributed by atoms with van der Waals surface area (Å²) in [4.78, 5) is 14.7. The molecule has 132 valence electrons. The third-order valence-electron chi connectivity index (χ3n) is 4.81. The fourth-order valence-corrected chi connectivity index (χ4v) is 3.36. The van der Waals surface area contributed by atoms with Gasteiger partial charge >= 0.3 is 0 Å². The number of nitrogens with one attached hydrogen (secondary N) is 1. The molecular formula is C20H26N4O. The van der Waals surface area contributed by atoms with Crippen molar-refractivity contribution in [3.05, 3.63) is 53.7 Å². The highest BCUT2D eigenvalue weighted by Crippen LogP contribution is 2.21. The number of rotatable bonds is 6. The van der Waals surface area contributed by atoms with Crippen molar-refractivity contribution in [3.8, 4) is 0 Å². The summed E-state index contributed by atoms with van der Waals surface area (Å²) in [6, 6.07) is 14.3. The normalized spacial score (nSPS) is 17.3. The van der Waals surface area contributed by atoms with Gasteiger partial charge in [-0.05, 0) is 49.8 Å². The number of nitrogens with zero attached hydrogens (tertiary/aromatic N) is 3. The van der Waals surface area contributed by atoms with E-state index in [9.17, 15) is 4.79 Å².